The van der Waals surface area contributed by atoms with E-state index in [1.165, 1.54) is 0 Å². The normalized spacial score (nSPS) is 12.4. The minimum Gasteiger partial charge on any atom is -0.487 e. The molecule has 0 radical (unpaired) electrons. The van der Waals surface area contributed by atoms with Gasteiger partial charge in [-0.05, 0) is 45.7 Å². The van der Waals surface area contributed by atoms with Crippen LogP contribution in [0.4, 0.5) is 0 Å². The van der Waals surface area contributed by atoms with Crippen LogP contribution in [-0.4, -0.2) is 18.8 Å². The standard InChI is InChI=1S/C26H21ClO5S/c27-23-14-19(10-13-25(23)32-17-18-6-2-1-3-7-18)15-24(28)26(33(29,30)31)22-12-11-20-8-4-5-9-21(20)16-22/h1-14,16,26H,15,17H2,(H,29,30,31). The number of fused-ring (bicyclic) bond motifs is 1. The second kappa shape index (κ2) is 9.75. The minimum atomic E-state index is -4.67. The van der Waals surface area contributed by atoms with Crippen molar-refractivity contribution in [1.82, 2.24) is 0 Å². The highest BCUT2D eigenvalue weighted by atomic mass is 35.5. The zero-order chi connectivity index (χ0) is 23.4. The van der Waals surface area contributed by atoms with Crippen LogP contribution in [0.2, 0.25) is 5.02 Å². The summed E-state index contributed by atoms with van der Waals surface area (Å²) >= 11 is 6.33. The topological polar surface area (TPSA) is 80.7 Å². The van der Waals surface area contributed by atoms with Gasteiger partial charge in [0.15, 0.2) is 11.0 Å². The molecule has 1 atom stereocenters. The van der Waals surface area contributed by atoms with Gasteiger partial charge in [-0.3, -0.25) is 9.35 Å². The molecule has 1 N–H and O–H groups in total. The molecule has 0 fully saturated rings. The summed E-state index contributed by atoms with van der Waals surface area (Å²) in [5.41, 5.74) is 1.72. The second-order valence-corrected chi connectivity index (χ2v) is 9.59. The van der Waals surface area contributed by atoms with Crippen molar-refractivity contribution in [3.63, 3.8) is 0 Å². The van der Waals surface area contributed by atoms with Gasteiger partial charge in [-0.2, -0.15) is 8.42 Å². The van der Waals surface area contributed by atoms with E-state index in [1.54, 1.807) is 36.4 Å². The summed E-state index contributed by atoms with van der Waals surface area (Å²) in [6.07, 6.45) is -0.212. The molecule has 0 aliphatic carbocycles. The third-order valence-electron chi connectivity index (χ3n) is 5.28. The maximum absolute atomic E-state index is 13.0. The Morgan fingerprint density at radius 3 is 2.24 bits per heavy atom. The predicted molar refractivity (Wildman–Crippen MR) is 129 cm³/mol. The van der Waals surface area contributed by atoms with Gasteiger partial charge in [-0.25, -0.2) is 0 Å². The van der Waals surface area contributed by atoms with Gasteiger partial charge in [0.2, 0.25) is 0 Å². The van der Waals surface area contributed by atoms with Gasteiger partial charge in [0.25, 0.3) is 10.1 Å². The predicted octanol–water partition coefficient (Wildman–Crippen LogP) is 5.81. The lowest BCUT2D eigenvalue weighted by molar-refractivity contribution is -0.118. The fourth-order valence-electron chi connectivity index (χ4n) is 3.70. The van der Waals surface area contributed by atoms with Crippen molar-refractivity contribution in [2.75, 3.05) is 0 Å². The minimum absolute atomic E-state index is 0.212. The molecule has 7 heteroatoms. The van der Waals surface area contributed by atoms with Crippen LogP contribution >= 0.6 is 11.6 Å². The lowest BCUT2D eigenvalue weighted by atomic mass is 9.99. The number of benzene rings is 4. The van der Waals surface area contributed by atoms with Crippen LogP contribution in [0.25, 0.3) is 10.8 Å². The van der Waals surface area contributed by atoms with Crippen molar-refractivity contribution in [3.8, 4) is 5.75 Å². The van der Waals surface area contributed by atoms with Crippen LogP contribution < -0.4 is 4.74 Å². The van der Waals surface area contributed by atoms with E-state index >= 15 is 0 Å². The van der Waals surface area contributed by atoms with E-state index in [-0.39, 0.29) is 12.0 Å². The molecule has 0 bridgehead atoms. The highest BCUT2D eigenvalue weighted by molar-refractivity contribution is 7.86. The van der Waals surface area contributed by atoms with E-state index in [9.17, 15) is 17.8 Å². The summed E-state index contributed by atoms with van der Waals surface area (Å²) in [4.78, 5) is 13.0. The first-order valence-electron chi connectivity index (χ1n) is 10.2. The summed E-state index contributed by atoms with van der Waals surface area (Å²) in [7, 11) is -4.67. The first-order chi connectivity index (χ1) is 15.8. The van der Waals surface area contributed by atoms with Crippen molar-refractivity contribution in [1.29, 1.82) is 0 Å². The van der Waals surface area contributed by atoms with Crippen LogP contribution in [-0.2, 0) is 27.9 Å². The number of ketones is 1. The molecule has 0 heterocycles. The molecule has 0 aromatic heterocycles. The number of ether oxygens (including phenoxy) is 1. The molecule has 0 aliphatic rings. The van der Waals surface area contributed by atoms with Gasteiger partial charge in [0.1, 0.15) is 12.4 Å². The Kier molecular flexibility index (Phi) is 6.79. The third-order valence-corrected chi connectivity index (χ3v) is 6.70. The molecule has 0 saturated heterocycles. The first-order valence-corrected chi connectivity index (χ1v) is 12.1. The SMILES string of the molecule is O=C(Cc1ccc(OCc2ccccc2)c(Cl)c1)C(c1ccc2ccccc2c1)S(=O)(=O)O. The molecule has 0 spiro atoms. The molecular weight excluding hydrogens is 460 g/mol. The van der Waals surface area contributed by atoms with E-state index in [4.69, 9.17) is 16.3 Å². The van der Waals surface area contributed by atoms with Crippen LogP contribution in [0.3, 0.4) is 0 Å². The van der Waals surface area contributed by atoms with Crippen LogP contribution in [0.15, 0.2) is 91.0 Å². The van der Waals surface area contributed by atoms with Crippen molar-refractivity contribution in [2.24, 2.45) is 0 Å². The average molecular weight is 481 g/mol. The quantitative estimate of drug-likeness (QED) is 0.322. The van der Waals surface area contributed by atoms with Gasteiger partial charge >= 0.3 is 0 Å². The van der Waals surface area contributed by atoms with Crippen molar-refractivity contribution >= 4 is 38.3 Å². The number of hydrogen-bond donors (Lipinski definition) is 1. The van der Waals surface area contributed by atoms with E-state index in [0.717, 1.165) is 16.3 Å². The molecule has 0 saturated carbocycles. The van der Waals surface area contributed by atoms with E-state index in [2.05, 4.69) is 0 Å². The number of carbonyl (C=O) groups is 1. The number of hydrogen-bond acceptors (Lipinski definition) is 4. The monoisotopic (exact) mass is 480 g/mol. The third kappa shape index (κ3) is 5.60. The smallest absolute Gasteiger partial charge is 0.279 e. The molecule has 4 rings (SSSR count). The van der Waals surface area contributed by atoms with E-state index in [0.29, 0.717) is 22.9 Å². The maximum atomic E-state index is 13.0. The molecule has 33 heavy (non-hydrogen) atoms. The summed E-state index contributed by atoms with van der Waals surface area (Å²) in [6, 6.07) is 26.8. The molecule has 0 amide bonds. The number of rotatable bonds is 8. The van der Waals surface area contributed by atoms with Gasteiger partial charge in [-0.15, -0.1) is 0 Å². The van der Waals surface area contributed by atoms with Crippen molar-refractivity contribution in [3.05, 3.63) is 113 Å². The Morgan fingerprint density at radius 1 is 0.848 bits per heavy atom. The molecule has 5 nitrogen and oxygen atoms in total. The Bertz CT molecular complexity index is 1400. The highest BCUT2D eigenvalue weighted by Crippen LogP contribution is 2.30. The molecule has 1 unspecified atom stereocenters. The van der Waals surface area contributed by atoms with Crippen LogP contribution in [0.1, 0.15) is 21.9 Å². The Morgan fingerprint density at radius 2 is 1.55 bits per heavy atom. The maximum Gasteiger partial charge on any atom is 0.279 e. The van der Waals surface area contributed by atoms with Gasteiger partial charge in [0.05, 0.1) is 5.02 Å². The van der Waals surface area contributed by atoms with E-state index in [1.807, 2.05) is 54.6 Å². The number of carbonyl (C=O) groups excluding carboxylic acids is 1. The largest absolute Gasteiger partial charge is 0.487 e. The lowest BCUT2D eigenvalue weighted by Gasteiger charge is -2.15. The highest BCUT2D eigenvalue weighted by Gasteiger charge is 2.32. The Labute approximate surface area is 197 Å². The van der Waals surface area contributed by atoms with Crippen LogP contribution in [0, 0.1) is 0 Å². The summed E-state index contributed by atoms with van der Waals surface area (Å²) in [5.74, 6) is -0.195. The molecule has 4 aromatic rings. The van der Waals surface area contributed by atoms with Gasteiger partial charge in [0, 0.05) is 6.42 Å². The molecular formula is C26H21ClO5S. The van der Waals surface area contributed by atoms with Crippen LogP contribution in [0.5, 0.6) is 5.75 Å². The summed E-state index contributed by atoms with van der Waals surface area (Å²) in [6.45, 7) is 0.339. The fraction of sp³-hybridized carbons (Fsp3) is 0.115. The fourth-order valence-corrected chi connectivity index (χ4v) is 4.86. The summed E-state index contributed by atoms with van der Waals surface area (Å²) < 4.78 is 39.8. The summed E-state index contributed by atoms with van der Waals surface area (Å²) in [5, 5.41) is 0.306. The van der Waals surface area contributed by atoms with E-state index < -0.39 is 21.2 Å². The molecule has 4 aromatic carbocycles. The van der Waals surface area contributed by atoms with Crippen molar-refractivity contribution in [2.45, 2.75) is 18.3 Å². The zero-order valence-electron chi connectivity index (χ0n) is 17.5. The molecule has 168 valence electrons. The Hall–Kier alpha value is -3.19. The first kappa shape index (κ1) is 23.0. The molecule has 0 aliphatic heterocycles. The zero-order valence-corrected chi connectivity index (χ0v) is 19.1. The Balaban J connectivity index is 1.53. The van der Waals surface area contributed by atoms with Gasteiger partial charge < -0.3 is 4.74 Å². The lowest BCUT2D eigenvalue weighted by Crippen LogP contribution is -2.23. The number of Topliss-reactive ketones (excluding diaryl/α,β-unsaturated/α-hetero) is 1. The van der Waals surface area contributed by atoms with Gasteiger partial charge in [-0.1, -0.05) is 84.4 Å². The number of halogens is 1. The second-order valence-electron chi connectivity index (χ2n) is 7.68. The van der Waals surface area contributed by atoms with Crippen molar-refractivity contribution < 1.29 is 22.5 Å². The average Bonchev–Trinajstić information content (AvgIpc) is 2.78.